The number of benzene rings is 4. The largest absolute Gasteiger partial charge is 0.496 e. The molecule has 0 fully saturated rings. The van der Waals surface area contributed by atoms with E-state index in [4.69, 9.17) is 14.2 Å². The minimum atomic E-state index is -0.356. The summed E-state index contributed by atoms with van der Waals surface area (Å²) >= 11 is 0. The number of fused-ring (bicyclic) bond motifs is 1. The Kier molecular flexibility index (Phi) is 6.85. The standard InChI is InChI=1S/C27H24N2O4/c1-31-24-13-6-5-12-23(24)27(30)29-28-17-19-14-15-25(26(16-19)32-2)33-18-21-10-7-9-20-8-3-4-11-22(20)21/h3-17H,18H2,1-2H3,(H,29,30)/b28-17-. The van der Waals surface area contributed by atoms with Crippen LogP contribution in [0.2, 0.25) is 0 Å². The molecule has 4 aromatic rings. The van der Waals surface area contributed by atoms with Crippen molar-refractivity contribution in [2.45, 2.75) is 6.61 Å². The van der Waals surface area contributed by atoms with Gasteiger partial charge in [0, 0.05) is 0 Å². The summed E-state index contributed by atoms with van der Waals surface area (Å²) in [5, 5.41) is 6.38. The van der Waals surface area contributed by atoms with E-state index in [0.717, 1.165) is 16.5 Å². The van der Waals surface area contributed by atoms with Crippen molar-refractivity contribution in [1.82, 2.24) is 5.43 Å². The molecule has 0 saturated heterocycles. The number of hydrazone groups is 1. The maximum Gasteiger partial charge on any atom is 0.275 e. The van der Waals surface area contributed by atoms with Crippen LogP contribution < -0.4 is 19.6 Å². The van der Waals surface area contributed by atoms with Crippen LogP contribution >= 0.6 is 0 Å². The third-order valence-electron chi connectivity index (χ3n) is 5.18. The molecule has 4 aromatic carbocycles. The van der Waals surface area contributed by atoms with E-state index in [1.807, 2.05) is 30.3 Å². The van der Waals surface area contributed by atoms with Gasteiger partial charge in [-0.2, -0.15) is 5.10 Å². The molecule has 0 unspecified atom stereocenters. The fourth-order valence-corrected chi connectivity index (χ4v) is 3.52. The van der Waals surface area contributed by atoms with Crippen LogP contribution in [0.5, 0.6) is 17.2 Å². The van der Waals surface area contributed by atoms with Crippen LogP contribution in [0.25, 0.3) is 10.8 Å². The maximum atomic E-state index is 12.4. The molecule has 166 valence electrons. The molecule has 0 spiro atoms. The summed E-state index contributed by atoms with van der Waals surface area (Å²) in [5.74, 6) is 1.33. The minimum absolute atomic E-state index is 0.356. The zero-order valence-corrected chi connectivity index (χ0v) is 18.4. The van der Waals surface area contributed by atoms with Gasteiger partial charge < -0.3 is 14.2 Å². The predicted octanol–water partition coefficient (Wildman–Crippen LogP) is 5.20. The molecule has 6 nitrogen and oxygen atoms in total. The molecule has 1 N–H and O–H groups in total. The molecule has 0 saturated carbocycles. The lowest BCUT2D eigenvalue weighted by molar-refractivity contribution is 0.0952. The number of amides is 1. The molecular formula is C27H24N2O4. The van der Waals surface area contributed by atoms with Gasteiger partial charge in [-0.1, -0.05) is 54.6 Å². The maximum absolute atomic E-state index is 12.4. The second kappa shape index (κ2) is 10.3. The number of nitrogens with zero attached hydrogens (tertiary/aromatic N) is 1. The zero-order valence-electron chi connectivity index (χ0n) is 18.4. The molecule has 0 aliphatic rings. The van der Waals surface area contributed by atoms with Crippen molar-refractivity contribution in [3.63, 3.8) is 0 Å². The molecule has 0 heterocycles. The molecule has 4 rings (SSSR count). The normalized spacial score (nSPS) is 10.8. The van der Waals surface area contributed by atoms with Crippen molar-refractivity contribution in [3.05, 3.63) is 102 Å². The molecule has 1 amide bonds. The van der Waals surface area contributed by atoms with E-state index in [9.17, 15) is 4.79 Å². The summed E-state index contributed by atoms with van der Waals surface area (Å²) in [6.07, 6.45) is 1.55. The summed E-state index contributed by atoms with van der Waals surface area (Å²) in [6.45, 7) is 0.417. The van der Waals surface area contributed by atoms with Gasteiger partial charge in [0.15, 0.2) is 11.5 Å². The van der Waals surface area contributed by atoms with Crippen molar-refractivity contribution >= 4 is 22.9 Å². The Labute approximate surface area is 192 Å². The van der Waals surface area contributed by atoms with E-state index in [1.165, 1.54) is 12.5 Å². The van der Waals surface area contributed by atoms with Gasteiger partial charge in [-0.15, -0.1) is 0 Å². The minimum Gasteiger partial charge on any atom is -0.496 e. The third-order valence-corrected chi connectivity index (χ3v) is 5.18. The Morgan fingerprint density at radius 3 is 2.45 bits per heavy atom. The topological polar surface area (TPSA) is 69.2 Å². The summed E-state index contributed by atoms with van der Waals surface area (Å²) in [6, 6.07) is 26.8. The molecule has 0 bridgehead atoms. The van der Waals surface area contributed by atoms with E-state index in [1.54, 1.807) is 43.7 Å². The van der Waals surface area contributed by atoms with Crippen LogP contribution in [0.3, 0.4) is 0 Å². The van der Waals surface area contributed by atoms with E-state index < -0.39 is 0 Å². The lowest BCUT2D eigenvalue weighted by Gasteiger charge is -2.12. The molecule has 6 heteroatoms. The number of hydrogen-bond donors (Lipinski definition) is 1. The van der Waals surface area contributed by atoms with E-state index in [2.05, 4.69) is 34.8 Å². The van der Waals surface area contributed by atoms with Gasteiger partial charge in [0.25, 0.3) is 5.91 Å². The smallest absolute Gasteiger partial charge is 0.275 e. The van der Waals surface area contributed by atoms with Crippen LogP contribution in [0, 0.1) is 0 Å². The van der Waals surface area contributed by atoms with E-state index in [0.29, 0.717) is 29.4 Å². The second-order valence-corrected chi connectivity index (χ2v) is 7.24. The predicted molar refractivity (Wildman–Crippen MR) is 129 cm³/mol. The number of methoxy groups -OCH3 is 2. The molecular weight excluding hydrogens is 416 g/mol. The van der Waals surface area contributed by atoms with Crippen LogP contribution in [0.4, 0.5) is 0 Å². The quantitative estimate of drug-likeness (QED) is 0.302. The Morgan fingerprint density at radius 1 is 0.848 bits per heavy atom. The highest BCUT2D eigenvalue weighted by Crippen LogP contribution is 2.29. The van der Waals surface area contributed by atoms with Gasteiger partial charge in [-0.3, -0.25) is 4.79 Å². The van der Waals surface area contributed by atoms with Gasteiger partial charge in [0.1, 0.15) is 12.4 Å². The van der Waals surface area contributed by atoms with Crippen LogP contribution in [-0.2, 0) is 6.61 Å². The van der Waals surface area contributed by atoms with Gasteiger partial charge in [0.05, 0.1) is 26.0 Å². The Hall–Kier alpha value is -4.32. The molecule has 33 heavy (non-hydrogen) atoms. The number of ether oxygens (including phenoxy) is 3. The van der Waals surface area contributed by atoms with Gasteiger partial charge in [-0.05, 0) is 52.2 Å². The van der Waals surface area contributed by atoms with Crippen LogP contribution in [-0.4, -0.2) is 26.3 Å². The number of carbonyl (C=O) groups excluding carboxylic acids is 1. The number of nitrogens with one attached hydrogen (secondary N) is 1. The summed E-state index contributed by atoms with van der Waals surface area (Å²) in [5.41, 5.74) is 4.78. The number of para-hydroxylation sites is 1. The Morgan fingerprint density at radius 2 is 1.61 bits per heavy atom. The average molecular weight is 440 g/mol. The molecule has 0 atom stereocenters. The Bertz CT molecular complexity index is 1300. The van der Waals surface area contributed by atoms with E-state index >= 15 is 0 Å². The highest BCUT2D eigenvalue weighted by molar-refractivity contribution is 5.97. The summed E-state index contributed by atoms with van der Waals surface area (Å²) in [7, 11) is 3.11. The first-order valence-electron chi connectivity index (χ1n) is 10.4. The summed E-state index contributed by atoms with van der Waals surface area (Å²) < 4.78 is 16.8. The highest BCUT2D eigenvalue weighted by Gasteiger charge is 2.11. The third kappa shape index (κ3) is 5.13. The second-order valence-electron chi connectivity index (χ2n) is 7.24. The van der Waals surface area contributed by atoms with Crippen LogP contribution in [0.1, 0.15) is 21.5 Å². The fourth-order valence-electron chi connectivity index (χ4n) is 3.52. The van der Waals surface area contributed by atoms with Gasteiger partial charge >= 0.3 is 0 Å². The van der Waals surface area contributed by atoms with Crippen molar-refractivity contribution in [2.75, 3.05) is 14.2 Å². The lowest BCUT2D eigenvalue weighted by atomic mass is 10.1. The molecule has 0 aliphatic heterocycles. The fraction of sp³-hybridized carbons (Fsp3) is 0.111. The number of carbonyl (C=O) groups is 1. The first-order valence-corrected chi connectivity index (χ1v) is 10.4. The van der Waals surface area contributed by atoms with Crippen molar-refractivity contribution in [3.8, 4) is 17.2 Å². The first-order chi connectivity index (χ1) is 16.2. The first kappa shape index (κ1) is 21.9. The van der Waals surface area contributed by atoms with Crippen molar-refractivity contribution < 1.29 is 19.0 Å². The SMILES string of the molecule is COc1cc(/C=N\NC(=O)c2ccccc2OC)ccc1OCc1cccc2ccccc12. The molecule has 0 aromatic heterocycles. The van der Waals surface area contributed by atoms with Crippen molar-refractivity contribution in [1.29, 1.82) is 0 Å². The monoisotopic (exact) mass is 440 g/mol. The van der Waals surface area contributed by atoms with Gasteiger partial charge in [0.2, 0.25) is 0 Å². The molecule has 0 aliphatic carbocycles. The average Bonchev–Trinajstić information content (AvgIpc) is 2.87. The Balaban J connectivity index is 1.44. The number of hydrogen-bond acceptors (Lipinski definition) is 5. The summed E-state index contributed by atoms with van der Waals surface area (Å²) in [4.78, 5) is 12.4. The lowest BCUT2D eigenvalue weighted by Crippen LogP contribution is -2.18. The van der Waals surface area contributed by atoms with E-state index in [-0.39, 0.29) is 5.91 Å². The van der Waals surface area contributed by atoms with Gasteiger partial charge in [-0.25, -0.2) is 5.43 Å². The zero-order chi connectivity index (χ0) is 23.0. The number of rotatable bonds is 8. The van der Waals surface area contributed by atoms with Crippen molar-refractivity contribution in [2.24, 2.45) is 5.10 Å². The molecule has 0 radical (unpaired) electrons. The highest BCUT2D eigenvalue weighted by atomic mass is 16.5. The van der Waals surface area contributed by atoms with Crippen LogP contribution in [0.15, 0.2) is 90.0 Å².